The molecule has 1 aromatic rings. The Morgan fingerprint density at radius 2 is 1.93 bits per heavy atom. The number of benzene rings is 1. The Balaban J connectivity index is 1.86. The number of nitrogens with one attached hydrogen (secondary N) is 1. The Labute approximate surface area is 157 Å². The summed E-state index contributed by atoms with van der Waals surface area (Å²) in [5.41, 5.74) is 0.513. The molecule has 2 fully saturated rings. The van der Waals surface area contributed by atoms with Gasteiger partial charge in [-0.05, 0) is 50.6 Å². The second-order valence-electron chi connectivity index (χ2n) is 7.18. The number of rotatable bonds is 4. The van der Waals surface area contributed by atoms with Gasteiger partial charge in [-0.1, -0.05) is 6.07 Å². The molecule has 0 spiro atoms. The largest absolute Gasteiger partial charge is 0.465 e. The number of carboxylic acid groups (broad SMARTS) is 1. The predicted octanol–water partition coefficient (Wildman–Crippen LogP) is 2.26. The van der Waals surface area contributed by atoms with E-state index in [-0.39, 0.29) is 30.8 Å². The van der Waals surface area contributed by atoms with Crippen molar-refractivity contribution in [3.05, 3.63) is 35.4 Å². The van der Waals surface area contributed by atoms with Crippen molar-refractivity contribution in [2.75, 3.05) is 32.7 Å². The van der Waals surface area contributed by atoms with Crippen molar-refractivity contribution in [1.82, 2.24) is 15.1 Å². The maximum absolute atomic E-state index is 13.8. The van der Waals surface area contributed by atoms with Crippen LogP contribution in [0.5, 0.6) is 0 Å². The van der Waals surface area contributed by atoms with Gasteiger partial charge in [0.1, 0.15) is 0 Å². The van der Waals surface area contributed by atoms with E-state index in [1.807, 2.05) is 0 Å². The highest BCUT2D eigenvalue weighted by molar-refractivity contribution is 5.79. The smallest absolute Gasteiger partial charge is 0.407 e. The van der Waals surface area contributed by atoms with E-state index in [0.29, 0.717) is 12.1 Å². The van der Waals surface area contributed by atoms with Gasteiger partial charge in [-0.25, -0.2) is 13.6 Å². The number of amides is 2. The quantitative estimate of drug-likeness (QED) is 0.839. The van der Waals surface area contributed by atoms with Crippen LogP contribution in [0.3, 0.4) is 0 Å². The summed E-state index contributed by atoms with van der Waals surface area (Å²) in [7, 11) is 0. The van der Waals surface area contributed by atoms with Gasteiger partial charge >= 0.3 is 6.09 Å². The van der Waals surface area contributed by atoms with Gasteiger partial charge < -0.3 is 20.2 Å². The first-order chi connectivity index (χ1) is 12.9. The molecule has 2 amide bonds. The summed E-state index contributed by atoms with van der Waals surface area (Å²) in [5, 5.41) is 12.8. The fraction of sp³-hybridized carbons (Fsp3) is 0.579. The summed E-state index contributed by atoms with van der Waals surface area (Å²) in [6.07, 6.45) is 0.435. The van der Waals surface area contributed by atoms with Crippen LogP contribution in [0.25, 0.3) is 0 Å². The van der Waals surface area contributed by atoms with Crippen molar-refractivity contribution < 1.29 is 23.5 Å². The van der Waals surface area contributed by atoms with E-state index in [4.69, 9.17) is 0 Å². The number of carbonyl (C=O) groups excluding carboxylic acids is 1. The van der Waals surface area contributed by atoms with Crippen molar-refractivity contribution in [1.29, 1.82) is 0 Å². The maximum atomic E-state index is 13.8. The Hall–Kier alpha value is -2.22. The van der Waals surface area contributed by atoms with Crippen molar-refractivity contribution in [3.63, 3.8) is 0 Å². The monoisotopic (exact) mass is 381 g/mol. The van der Waals surface area contributed by atoms with Crippen LogP contribution in [0.1, 0.15) is 31.2 Å². The fourth-order valence-corrected chi connectivity index (χ4v) is 4.19. The van der Waals surface area contributed by atoms with E-state index in [0.717, 1.165) is 38.1 Å². The van der Waals surface area contributed by atoms with Gasteiger partial charge in [-0.3, -0.25) is 4.79 Å². The van der Waals surface area contributed by atoms with Gasteiger partial charge in [0.05, 0.1) is 6.04 Å². The number of nitrogens with zero attached hydrogens (tertiary/aromatic N) is 2. The first kappa shape index (κ1) is 19.5. The van der Waals surface area contributed by atoms with Crippen LogP contribution in [-0.2, 0) is 4.79 Å². The molecule has 0 bridgehead atoms. The van der Waals surface area contributed by atoms with Gasteiger partial charge in [0.25, 0.3) is 0 Å². The van der Waals surface area contributed by atoms with Gasteiger partial charge in [-0.15, -0.1) is 0 Å². The summed E-state index contributed by atoms with van der Waals surface area (Å²) < 4.78 is 27.1. The van der Waals surface area contributed by atoms with Crippen molar-refractivity contribution in [2.24, 2.45) is 5.92 Å². The summed E-state index contributed by atoms with van der Waals surface area (Å²) in [4.78, 5) is 27.6. The molecule has 0 aliphatic carbocycles. The molecular weight excluding hydrogens is 356 g/mol. The van der Waals surface area contributed by atoms with E-state index in [1.165, 1.54) is 11.0 Å². The molecule has 2 atom stereocenters. The van der Waals surface area contributed by atoms with Crippen LogP contribution in [0.4, 0.5) is 13.6 Å². The molecule has 0 saturated carbocycles. The number of halogens is 2. The Morgan fingerprint density at radius 1 is 1.22 bits per heavy atom. The second-order valence-corrected chi connectivity index (χ2v) is 7.18. The van der Waals surface area contributed by atoms with Crippen LogP contribution < -0.4 is 5.32 Å². The van der Waals surface area contributed by atoms with E-state index in [2.05, 4.69) is 5.32 Å². The minimum absolute atomic E-state index is 0.0213. The number of hydrogen-bond donors (Lipinski definition) is 2. The molecule has 6 nitrogen and oxygen atoms in total. The molecule has 3 rings (SSSR count). The lowest BCUT2D eigenvalue weighted by Gasteiger charge is -2.29. The molecule has 2 saturated heterocycles. The average Bonchev–Trinajstić information content (AvgIpc) is 3.09. The van der Waals surface area contributed by atoms with Crippen LogP contribution in [-0.4, -0.2) is 65.7 Å². The number of likely N-dealkylation sites (N-methyl/N-ethyl adjacent to an activating group) is 1. The highest BCUT2D eigenvalue weighted by Crippen LogP contribution is 2.33. The molecule has 2 aliphatic heterocycles. The zero-order valence-electron chi connectivity index (χ0n) is 15.3. The lowest BCUT2D eigenvalue weighted by Crippen LogP contribution is -2.45. The zero-order valence-corrected chi connectivity index (χ0v) is 15.3. The average molecular weight is 381 g/mol. The first-order valence-electron chi connectivity index (χ1n) is 9.36. The van der Waals surface area contributed by atoms with Crippen molar-refractivity contribution >= 4 is 12.0 Å². The molecule has 1 aromatic carbocycles. The summed E-state index contributed by atoms with van der Waals surface area (Å²) >= 11 is 0. The van der Waals surface area contributed by atoms with Crippen LogP contribution in [0.15, 0.2) is 18.2 Å². The van der Waals surface area contributed by atoms with E-state index < -0.39 is 23.8 Å². The Morgan fingerprint density at radius 3 is 2.52 bits per heavy atom. The Bertz CT molecular complexity index is 709. The van der Waals surface area contributed by atoms with Crippen LogP contribution in [0.2, 0.25) is 0 Å². The number of carbonyl (C=O) groups is 2. The third-order valence-electron chi connectivity index (χ3n) is 5.65. The topological polar surface area (TPSA) is 72.9 Å². The van der Waals surface area contributed by atoms with E-state index in [9.17, 15) is 23.5 Å². The zero-order chi connectivity index (χ0) is 19.6. The standard InChI is InChI=1S/C19H25F2N3O3/c1-2-24(19(26)27)17-11-23(18(25)12-5-7-22-8-6-12)10-14(17)13-3-4-15(20)16(21)9-13/h3-4,9,12,14,17,22H,2,5-8,10-11H2,1H3,(H,26,27)/t14-,17+/m0/s1. The molecule has 2 N–H and O–H groups in total. The van der Waals surface area contributed by atoms with Gasteiger partial charge in [0, 0.05) is 31.5 Å². The fourth-order valence-electron chi connectivity index (χ4n) is 4.19. The highest BCUT2D eigenvalue weighted by Gasteiger charge is 2.42. The summed E-state index contributed by atoms with van der Waals surface area (Å²) in [5.74, 6) is -2.35. The lowest BCUT2D eigenvalue weighted by atomic mass is 9.93. The molecule has 0 unspecified atom stereocenters. The maximum Gasteiger partial charge on any atom is 0.407 e. The lowest BCUT2D eigenvalue weighted by molar-refractivity contribution is -0.135. The normalized spacial score (nSPS) is 23.4. The van der Waals surface area contributed by atoms with Crippen LogP contribution >= 0.6 is 0 Å². The van der Waals surface area contributed by atoms with Gasteiger partial charge in [0.15, 0.2) is 11.6 Å². The third-order valence-corrected chi connectivity index (χ3v) is 5.65. The van der Waals surface area contributed by atoms with Gasteiger partial charge in [-0.2, -0.15) is 0 Å². The highest BCUT2D eigenvalue weighted by atomic mass is 19.2. The molecule has 8 heteroatoms. The predicted molar refractivity (Wildman–Crippen MR) is 95.5 cm³/mol. The van der Waals surface area contributed by atoms with Crippen molar-refractivity contribution in [2.45, 2.75) is 31.7 Å². The van der Waals surface area contributed by atoms with Crippen LogP contribution in [0, 0.1) is 17.6 Å². The van der Waals surface area contributed by atoms with E-state index >= 15 is 0 Å². The Kier molecular flexibility index (Phi) is 5.94. The summed E-state index contributed by atoms with van der Waals surface area (Å²) in [6, 6.07) is 3.16. The molecular formula is C19H25F2N3O3. The summed E-state index contributed by atoms with van der Waals surface area (Å²) in [6.45, 7) is 4.14. The number of likely N-dealkylation sites (tertiary alicyclic amines) is 1. The second kappa shape index (κ2) is 8.21. The van der Waals surface area contributed by atoms with Crippen molar-refractivity contribution in [3.8, 4) is 0 Å². The minimum Gasteiger partial charge on any atom is -0.465 e. The molecule has 2 aliphatic rings. The SMILES string of the molecule is CCN(C(=O)O)[C@@H]1CN(C(=O)C2CCNCC2)C[C@H]1c1ccc(F)c(F)c1. The number of hydrogen-bond acceptors (Lipinski definition) is 3. The minimum atomic E-state index is -1.08. The molecule has 0 aromatic heterocycles. The molecule has 148 valence electrons. The van der Waals surface area contributed by atoms with Gasteiger partial charge in [0.2, 0.25) is 5.91 Å². The molecule has 0 radical (unpaired) electrons. The molecule has 27 heavy (non-hydrogen) atoms. The molecule has 2 heterocycles. The number of piperidine rings is 1. The third kappa shape index (κ3) is 4.05. The van der Waals surface area contributed by atoms with E-state index in [1.54, 1.807) is 11.8 Å². The first-order valence-corrected chi connectivity index (χ1v) is 9.36.